The number of nitrogens with one attached hydrogen (secondary N) is 1. The quantitative estimate of drug-likeness (QED) is 0.639. The van der Waals surface area contributed by atoms with Gasteiger partial charge in [-0.05, 0) is 32.2 Å². The van der Waals surface area contributed by atoms with Gasteiger partial charge >= 0.3 is 0 Å². The monoisotopic (exact) mass is 306 g/mol. The Morgan fingerprint density at radius 3 is 2.59 bits per heavy atom. The molecule has 1 amide bonds. The van der Waals surface area contributed by atoms with Crippen LogP contribution in [0, 0.1) is 5.92 Å². The molecule has 0 aromatic heterocycles. The SMILES string of the molecule is CC(C)C(=O)NCN(C)C(C)C(=O)c1ccc2c(c1)OCO2. The minimum absolute atomic E-state index is 0.0282. The van der Waals surface area contributed by atoms with Gasteiger partial charge in [0.15, 0.2) is 17.3 Å². The maximum atomic E-state index is 12.5. The molecule has 1 unspecified atom stereocenters. The number of Topliss-reactive ketones (excluding diaryl/α,β-unsaturated/α-hetero) is 1. The second-order valence-corrected chi connectivity index (χ2v) is 5.72. The number of amides is 1. The van der Waals surface area contributed by atoms with Crippen molar-refractivity contribution in [1.82, 2.24) is 10.2 Å². The molecule has 22 heavy (non-hydrogen) atoms. The number of ketones is 1. The van der Waals surface area contributed by atoms with Gasteiger partial charge in [-0.3, -0.25) is 14.5 Å². The van der Waals surface area contributed by atoms with Crippen LogP contribution in [0.1, 0.15) is 31.1 Å². The van der Waals surface area contributed by atoms with Crippen molar-refractivity contribution >= 4 is 11.7 Å². The summed E-state index contributed by atoms with van der Waals surface area (Å²) in [5.41, 5.74) is 0.568. The first-order valence-electron chi connectivity index (χ1n) is 7.32. The predicted molar refractivity (Wildman–Crippen MR) is 82.0 cm³/mol. The molecule has 6 heteroatoms. The Morgan fingerprint density at radius 2 is 1.91 bits per heavy atom. The Bertz CT molecular complexity index is 571. The molecule has 0 bridgehead atoms. The van der Waals surface area contributed by atoms with Crippen LogP contribution in [0.5, 0.6) is 11.5 Å². The van der Waals surface area contributed by atoms with Crippen LogP contribution in [-0.4, -0.2) is 43.1 Å². The normalized spacial score (nSPS) is 14.3. The van der Waals surface area contributed by atoms with Crippen LogP contribution >= 0.6 is 0 Å². The largest absolute Gasteiger partial charge is 0.454 e. The Balaban J connectivity index is 1.98. The maximum absolute atomic E-state index is 12.5. The third-order valence-electron chi connectivity index (χ3n) is 3.72. The molecule has 1 aromatic rings. The number of ether oxygens (including phenoxy) is 2. The number of carbonyl (C=O) groups excluding carboxylic acids is 2. The Kier molecular flexibility index (Phi) is 5.03. The molecule has 1 aromatic carbocycles. The van der Waals surface area contributed by atoms with E-state index in [9.17, 15) is 9.59 Å². The summed E-state index contributed by atoms with van der Waals surface area (Å²) >= 11 is 0. The maximum Gasteiger partial charge on any atom is 0.231 e. The van der Waals surface area contributed by atoms with Crippen molar-refractivity contribution in [2.75, 3.05) is 20.5 Å². The molecule has 1 aliphatic rings. The van der Waals surface area contributed by atoms with Gasteiger partial charge < -0.3 is 14.8 Å². The molecule has 2 rings (SSSR count). The van der Waals surface area contributed by atoms with E-state index in [-0.39, 0.29) is 30.4 Å². The molecule has 1 N–H and O–H groups in total. The second-order valence-electron chi connectivity index (χ2n) is 5.72. The minimum Gasteiger partial charge on any atom is -0.454 e. The van der Waals surface area contributed by atoms with Crippen molar-refractivity contribution in [1.29, 1.82) is 0 Å². The minimum atomic E-state index is -0.354. The van der Waals surface area contributed by atoms with Gasteiger partial charge in [0.2, 0.25) is 12.7 Å². The van der Waals surface area contributed by atoms with Gasteiger partial charge in [0.1, 0.15) is 0 Å². The molecular formula is C16H22N2O4. The van der Waals surface area contributed by atoms with E-state index in [1.165, 1.54) is 0 Å². The predicted octanol–water partition coefficient (Wildman–Crippen LogP) is 1.65. The Morgan fingerprint density at radius 1 is 1.23 bits per heavy atom. The van der Waals surface area contributed by atoms with Crippen LogP contribution in [0.15, 0.2) is 18.2 Å². The van der Waals surface area contributed by atoms with Gasteiger partial charge in [0.25, 0.3) is 0 Å². The van der Waals surface area contributed by atoms with Crippen molar-refractivity contribution in [2.45, 2.75) is 26.8 Å². The Labute approximate surface area is 130 Å². The van der Waals surface area contributed by atoms with Crippen LogP contribution in [-0.2, 0) is 4.79 Å². The third-order valence-corrected chi connectivity index (χ3v) is 3.72. The van der Waals surface area contributed by atoms with Crippen LogP contribution in [0.3, 0.4) is 0 Å². The number of rotatable bonds is 6. The summed E-state index contributed by atoms with van der Waals surface area (Å²) in [5.74, 6) is 1.11. The van der Waals surface area contributed by atoms with E-state index in [1.807, 2.05) is 20.8 Å². The number of likely N-dealkylation sites (N-methyl/N-ethyl adjacent to an activating group) is 1. The van der Waals surface area contributed by atoms with Crippen molar-refractivity contribution in [2.24, 2.45) is 5.92 Å². The lowest BCUT2D eigenvalue weighted by Gasteiger charge is -2.24. The second kappa shape index (κ2) is 6.79. The topological polar surface area (TPSA) is 67.9 Å². The van der Waals surface area contributed by atoms with Crippen molar-refractivity contribution < 1.29 is 19.1 Å². The molecule has 1 aliphatic heterocycles. The fourth-order valence-electron chi connectivity index (χ4n) is 2.03. The zero-order valence-electron chi connectivity index (χ0n) is 13.4. The summed E-state index contributed by atoms with van der Waals surface area (Å²) in [4.78, 5) is 25.9. The average Bonchev–Trinajstić information content (AvgIpc) is 2.97. The first-order valence-corrected chi connectivity index (χ1v) is 7.32. The lowest BCUT2D eigenvalue weighted by molar-refractivity contribution is -0.124. The summed E-state index contributed by atoms with van der Waals surface area (Å²) in [5, 5.41) is 2.80. The van der Waals surface area contributed by atoms with Crippen molar-refractivity contribution in [3.8, 4) is 11.5 Å². The van der Waals surface area contributed by atoms with E-state index in [0.29, 0.717) is 23.7 Å². The van der Waals surface area contributed by atoms with Gasteiger partial charge in [-0.2, -0.15) is 0 Å². The van der Waals surface area contributed by atoms with E-state index < -0.39 is 0 Å². The van der Waals surface area contributed by atoms with Crippen LogP contribution in [0.2, 0.25) is 0 Å². The number of hydrogen-bond acceptors (Lipinski definition) is 5. The van der Waals surface area contributed by atoms with Gasteiger partial charge in [0, 0.05) is 11.5 Å². The standard InChI is InChI=1S/C16H22N2O4/c1-10(2)16(20)17-8-18(4)11(3)15(19)12-5-6-13-14(7-12)22-9-21-13/h5-7,10-11H,8-9H2,1-4H3,(H,17,20). The number of nitrogens with zero attached hydrogens (tertiary/aromatic N) is 1. The van der Waals surface area contributed by atoms with Crippen molar-refractivity contribution in [3.63, 3.8) is 0 Å². The number of hydrogen-bond donors (Lipinski definition) is 1. The van der Waals surface area contributed by atoms with E-state index in [2.05, 4.69) is 5.32 Å². The Hall–Kier alpha value is -2.08. The first-order chi connectivity index (χ1) is 10.4. The molecule has 0 spiro atoms. The molecule has 6 nitrogen and oxygen atoms in total. The number of benzene rings is 1. The highest BCUT2D eigenvalue weighted by molar-refractivity contribution is 6.00. The highest BCUT2D eigenvalue weighted by Crippen LogP contribution is 2.32. The summed E-state index contributed by atoms with van der Waals surface area (Å²) in [6.07, 6.45) is 0. The lowest BCUT2D eigenvalue weighted by Crippen LogP contribution is -2.44. The smallest absolute Gasteiger partial charge is 0.231 e. The molecular weight excluding hydrogens is 284 g/mol. The molecule has 0 radical (unpaired) electrons. The molecule has 0 saturated carbocycles. The van der Waals surface area contributed by atoms with Gasteiger partial charge in [-0.25, -0.2) is 0 Å². The fourth-order valence-corrected chi connectivity index (χ4v) is 2.03. The summed E-state index contributed by atoms with van der Waals surface area (Å²) < 4.78 is 10.5. The van der Waals surface area contributed by atoms with Crippen LogP contribution in [0.4, 0.5) is 0 Å². The first kappa shape index (κ1) is 16.3. The van der Waals surface area contributed by atoms with Crippen LogP contribution < -0.4 is 14.8 Å². The number of carbonyl (C=O) groups is 2. The average molecular weight is 306 g/mol. The molecule has 0 aliphatic carbocycles. The van der Waals surface area contributed by atoms with Gasteiger partial charge in [0.05, 0.1) is 12.7 Å². The van der Waals surface area contributed by atoms with E-state index in [0.717, 1.165) is 0 Å². The molecule has 1 heterocycles. The van der Waals surface area contributed by atoms with E-state index >= 15 is 0 Å². The number of fused-ring (bicyclic) bond motifs is 1. The molecule has 1 atom stereocenters. The van der Waals surface area contributed by atoms with E-state index in [1.54, 1.807) is 30.1 Å². The summed E-state index contributed by atoms with van der Waals surface area (Å²) in [6.45, 7) is 5.99. The summed E-state index contributed by atoms with van der Waals surface area (Å²) in [7, 11) is 1.80. The highest BCUT2D eigenvalue weighted by Gasteiger charge is 2.23. The zero-order valence-corrected chi connectivity index (χ0v) is 13.4. The molecule has 0 fully saturated rings. The lowest BCUT2D eigenvalue weighted by atomic mass is 10.0. The zero-order chi connectivity index (χ0) is 16.3. The van der Waals surface area contributed by atoms with Gasteiger partial charge in [-0.15, -0.1) is 0 Å². The third kappa shape index (κ3) is 3.57. The highest BCUT2D eigenvalue weighted by atomic mass is 16.7. The van der Waals surface area contributed by atoms with Crippen LogP contribution in [0.25, 0.3) is 0 Å². The van der Waals surface area contributed by atoms with Gasteiger partial charge in [-0.1, -0.05) is 13.8 Å². The molecule has 120 valence electrons. The molecule has 0 saturated heterocycles. The van der Waals surface area contributed by atoms with E-state index in [4.69, 9.17) is 9.47 Å². The fraction of sp³-hybridized carbons (Fsp3) is 0.500. The van der Waals surface area contributed by atoms with Crippen molar-refractivity contribution in [3.05, 3.63) is 23.8 Å². The summed E-state index contributed by atoms with van der Waals surface area (Å²) in [6, 6.07) is 4.81.